The maximum atomic E-state index is 12.7. The molecule has 0 bridgehead atoms. The molecule has 148 valence electrons. The summed E-state index contributed by atoms with van der Waals surface area (Å²) in [6.45, 7) is 10.3. The Bertz CT molecular complexity index is 1010. The first-order valence-corrected chi connectivity index (χ1v) is 10.9. The summed E-state index contributed by atoms with van der Waals surface area (Å²) in [5.74, 6) is 0.00657. The van der Waals surface area contributed by atoms with E-state index in [1.54, 1.807) is 6.92 Å². The van der Waals surface area contributed by atoms with Crippen LogP contribution in [0.4, 0.5) is 0 Å². The Morgan fingerprint density at radius 3 is 2.64 bits per heavy atom. The molecule has 0 N–H and O–H groups in total. The van der Waals surface area contributed by atoms with Gasteiger partial charge in [0.05, 0.1) is 17.9 Å². The van der Waals surface area contributed by atoms with Crippen LogP contribution >= 0.6 is 11.3 Å². The molecule has 1 aliphatic heterocycles. The average molecular weight is 397 g/mol. The van der Waals surface area contributed by atoms with Gasteiger partial charge >= 0.3 is 0 Å². The molecule has 2 aliphatic rings. The third-order valence-corrected chi connectivity index (χ3v) is 6.52. The number of hydrogen-bond acceptors (Lipinski definition) is 5. The van der Waals surface area contributed by atoms with Crippen LogP contribution in [0, 0.1) is 6.92 Å². The van der Waals surface area contributed by atoms with E-state index >= 15 is 0 Å². The molecule has 1 atom stereocenters. The maximum Gasteiger partial charge on any atom is 0.163 e. The minimum absolute atomic E-state index is 0.00657. The summed E-state index contributed by atoms with van der Waals surface area (Å²) in [7, 11) is 0. The Morgan fingerprint density at radius 1 is 1.25 bits per heavy atom. The largest absolute Gasteiger partial charge is 0.360 e. The molecule has 0 fully saturated rings. The summed E-state index contributed by atoms with van der Waals surface area (Å²) < 4.78 is 6.27. The molecule has 2 aromatic heterocycles. The van der Waals surface area contributed by atoms with Gasteiger partial charge in [0, 0.05) is 27.1 Å². The number of ether oxygens (including phenoxy) is 1. The number of allylic oxidation sites excluding steroid dienone is 1. The van der Waals surface area contributed by atoms with Gasteiger partial charge in [-0.1, -0.05) is 6.08 Å². The first kappa shape index (κ1) is 19.5. The SMILES string of the molecule is CC(=O)[C@@H](OC(C)(C)C)c1c(C)nc2sc3c(c2c1C1=NCC=C1)CCCC3. The molecule has 5 heteroatoms. The first-order valence-electron chi connectivity index (χ1n) is 10.1. The van der Waals surface area contributed by atoms with E-state index in [0.717, 1.165) is 40.2 Å². The molecular weight excluding hydrogens is 368 g/mol. The quantitative estimate of drug-likeness (QED) is 0.706. The second kappa shape index (κ2) is 7.20. The van der Waals surface area contributed by atoms with Crippen molar-refractivity contribution in [1.29, 1.82) is 0 Å². The van der Waals surface area contributed by atoms with E-state index in [1.165, 1.54) is 28.7 Å². The topological polar surface area (TPSA) is 51.5 Å². The Labute approximate surface area is 170 Å². The molecule has 0 saturated heterocycles. The third kappa shape index (κ3) is 3.46. The Hall–Kier alpha value is -1.85. The van der Waals surface area contributed by atoms with Gasteiger partial charge in [0.25, 0.3) is 0 Å². The van der Waals surface area contributed by atoms with Crippen molar-refractivity contribution in [3.63, 3.8) is 0 Å². The summed E-state index contributed by atoms with van der Waals surface area (Å²) in [5.41, 5.74) is 4.77. The monoisotopic (exact) mass is 396 g/mol. The van der Waals surface area contributed by atoms with Crippen LogP contribution in [0.2, 0.25) is 0 Å². The van der Waals surface area contributed by atoms with E-state index in [2.05, 4.69) is 12.2 Å². The molecule has 2 aromatic rings. The van der Waals surface area contributed by atoms with Crippen LogP contribution < -0.4 is 0 Å². The zero-order valence-electron chi connectivity index (χ0n) is 17.4. The fraction of sp³-hybridized carbons (Fsp3) is 0.522. The number of thiophene rings is 1. The molecule has 4 nitrogen and oxygen atoms in total. The highest BCUT2D eigenvalue weighted by Crippen LogP contribution is 2.42. The van der Waals surface area contributed by atoms with Crippen LogP contribution in [-0.4, -0.2) is 28.6 Å². The normalized spacial score (nSPS) is 17.7. The number of carbonyl (C=O) groups is 1. The van der Waals surface area contributed by atoms with Crippen LogP contribution in [0.5, 0.6) is 0 Å². The number of aromatic nitrogens is 1. The van der Waals surface area contributed by atoms with Crippen LogP contribution in [0.1, 0.15) is 73.9 Å². The molecule has 4 rings (SSSR count). The lowest BCUT2D eigenvalue weighted by molar-refractivity contribution is -0.138. The number of aryl methyl sites for hydroxylation is 3. The summed E-state index contributed by atoms with van der Waals surface area (Å²) in [5, 5.41) is 1.20. The number of aliphatic imine (C=N–C) groups is 1. The van der Waals surface area contributed by atoms with Gasteiger partial charge in [-0.15, -0.1) is 11.3 Å². The van der Waals surface area contributed by atoms with E-state index in [0.29, 0.717) is 6.54 Å². The van der Waals surface area contributed by atoms with Crippen LogP contribution in [-0.2, 0) is 22.4 Å². The highest BCUT2D eigenvalue weighted by atomic mass is 32.1. The number of hydrogen-bond donors (Lipinski definition) is 0. The zero-order valence-corrected chi connectivity index (χ0v) is 18.2. The van der Waals surface area contributed by atoms with Crippen molar-refractivity contribution in [3.05, 3.63) is 39.4 Å². The maximum absolute atomic E-state index is 12.7. The van der Waals surface area contributed by atoms with Crippen molar-refractivity contribution in [2.75, 3.05) is 6.54 Å². The fourth-order valence-electron chi connectivity index (χ4n) is 4.23. The predicted octanol–water partition coefficient (Wildman–Crippen LogP) is 5.29. The van der Waals surface area contributed by atoms with Gasteiger partial charge in [-0.05, 0) is 71.9 Å². The van der Waals surface area contributed by atoms with Gasteiger partial charge in [0.1, 0.15) is 10.9 Å². The number of Topliss-reactive ketones (excluding diaryl/α,β-unsaturated/α-hetero) is 1. The molecule has 0 unspecified atom stereocenters. The molecule has 3 heterocycles. The Balaban J connectivity index is 2.04. The van der Waals surface area contributed by atoms with E-state index in [4.69, 9.17) is 14.7 Å². The van der Waals surface area contributed by atoms with Crippen molar-refractivity contribution in [3.8, 4) is 0 Å². The summed E-state index contributed by atoms with van der Waals surface area (Å²) in [4.78, 5) is 24.9. The number of pyridine rings is 1. The predicted molar refractivity (Wildman–Crippen MR) is 116 cm³/mol. The molecule has 0 radical (unpaired) electrons. The molecular formula is C23H28N2O2S. The van der Waals surface area contributed by atoms with Gasteiger partial charge in [-0.2, -0.15) is 0 Å². The van der Waals surface area contributed by atoms with E-state index in [1.807, 2.05) is 39.0 Å². The second-order valence-corrected chi connectivity index (χ2v) is 9.81. The third-order valence-electron chi connectivity index (χ3n) is 5.33. The lowest BCUT2D eigenvalue weighted by Gasteiger charge is -2.29. The van der Waals surface area contributed by atoms with Crippen LogP contribution in [0.25, 0.3) is 10.2 Å². The van der Waals surface area contributed by atoms with Crippen LogP contribution in [0.15, 0.2) is 17.1 Å². The summed E-state index contributed by atoms with van der Waals surface area (Å²) in [6, 6.07) is 0. The number of nitrogens with zero attached hydrogens (tertiary/aromatic N) is 2. The number of rotatable bonds is 4. The van der Waals surface area contributed by atoms with Gasteiger partial charge in [-0.25, -0.2) is 4.98 Å². The van der Waals surface area contributed by atoms with E-state index in [9.17, 15) is 4.79 Å². The molecule has 0 amide bonds. The van der Waals surface area contributed by atoms with Crippen molar-refractivity contribution >= 4 is 33.0 Å². The molecule has 28 heavy (non-hydrogen) atoms. The van der Waals surface area contributed by atoms with Gasteiger partial charge < -0.3 is 4.74 Å². The Morgan fingerprint density at radius 2 is 2.00 bits per heavy atom. The standard InChI is InChI=1S/C23H28N2O2S/c1-13-18(21(14(2)26)27-23(3,4)5)20(16-10-8-12-24-16)19-15-9-6-7-11-17(15)28-22(19)25-13/h8,10,21H,6-7,9,11-12H2,1-5H3/t21-/m1/s1. The smallest absolute Gasteiger partial charge is 0.163 e. The second-order valence-electron chi connectivity index (χ2n) is 8.73. The highest BCUT2D eigenvalue weighted by Gasteiger charge is 2.33. The lowest BCUT2D eigenvalue weighted by atomic mass is 9.88. The van der Waals surface area contributed by atoms with Gasteiger partial charge in [0.2, 0.25) is 0 Å². The summed E-state index contributed by atoms with van der Waals surface area (Å²) >= 11 is 1.81. The van der Waals surface area contributed by atoms with E-state index < -0.39 is 11.7 Å². The van der Waals surface area contributed by atoms with Gasteiger partial charge in [0.15, 0.2) is 5.78 Å². The van der Waals surface area contributed by atoms with Crippen LogP contribution in [0.3, 0.4) is 0 Å². The van der Waals surface area contributed by atoms with Crippen molar-refractivity contribution in [1.82, 2.24) is 4.98 Å². The van der Waals surface area contributed by atoms with Gasteiger partial charge in [-0.3, -0.25) is 9.79 Å². The van der Waals surface area contributed by atoms with Crippen molar-refractivity contribution in [2.45, 2.75) is 72.0 Å². The lowest BCUT2D eigenvalue weighted by Crippen LogP contribution is -2.28. The zero-order chi connectivity index (χ0) is 20.1. The Kier molecular flexibility index (Phi) is 5.00. The molecule has 0 spiro atoms. The molecule has 0 aromatic carbocycles. The molecule has 0 saturated carbocycles. The first-order chi connectivity index (χ1) is 13.3. The summed E-state index contributed by atoms with van der Waals surface area (Å²) in [6.07, 6.45) is 8.17. The number of fused-ring (bicyclic) bond motifs is 3. The van der Waals surface area contributed by atoms with Crippen molar-refractivity contribution in [2.24, 2.45) is 4.99 Å². The number of ketones is 1. The molecule has 1 aliphatic carbocycles. The number of carbonyl (C=O) groups excluding carboxylic acids is 1. The fourth-order valence-corrected chi connectivity index (χ4v) is 5.55. The van der Waals surface area contributed by atoms with E-state index in [-0.39, 0.29) is 5.78 Å². The highest BCUT2D eigenvalue weighted by molar-refractivity contribution is 7.19. The van der Waals surface area contributed by atoms with Crippen molar-refractivity contribution < 1.29 is 9.53 Å². The minimum atomic E-state index is -0.636. The average Bonchev–Trinajstić information content (AvgIpc) is 3.25. The minimum Gasteiger partial charge on any atom is -0.360 e.